The minimum atomic E-state index is -0.508. The maximum Gasteiger partial charge on any atom is 0.259 e. The number of carbonyl (C=O) groups excluding carboxylic acids is 2. The second kappa shape index (κ2) is 9.49. The van der Waals surface area contributed by atoms with Gasteiger partial charge in [-0.2, -0.15) is 0 Å². The van der Waals surface area contributed by atoms with Gasteiger partial charge in [0, 0.05) is 15.8 Å². The quantitative estimate of drug-likeness (QED) is 0.308. The summed E-state index contributed by atoms with van der Waals surface area (Å²) in [5.41, 5.74) is 3.29. The molecule has 2 amide bonds. The molecule has 0 heterocycles. The van der Waals surface area contributed by atoms with Gasteiger partial charge in [-0.3, -0.25) is 9.59 Å². The Bertz CT molecular complexity index is 1250. The van der Waals surface area contributed by atoms with Gasteiger partial charge in [0.05, 0.1) is 11.1 Å². The van der Waals surface area contributed by atoms with E-state index < -0.39 is 11.8 Å². The Hall–Kier alpha value is -3.90. The maximum absolute atomic E-state index is 12.8. The van der Waals surface area contributed by atoms with Gasteiger partial charge in [-0.1, -0.05) is 64.5 Å². The summed E-state index contributed by atoms with van der Waals surface area (Å²) in [5.74, 6) is -1.39. The number of phenols is 1. The number of carbonyl (C=O) groups is 2. The van der Waals surface area contributed by atoms with Crippen LogP contribution in [-0.4, -0.2) is 16.9 Å². The molecule has 0 bridgehead atoms. The van der Waals surface area contributed by atoms with Crippen molar-refractivity contribution < 1.29 is 14.7 Å². The zero-order valence-corrected chi connectivity index (χ0v) is 18.5. The molecule has 0 radical (unpaired) electrons. The predicted octanol–water partition coefficient (Wildman–Crippen LogP) is 6.33. The van der Waals surface area contributed by atoms with E-state index in [1.54, 1.807) is 42.5 Å². The fourth-order valence-corrected chi connectivity index (χ4v) is 3.48. The molecule has 32 heavy (non-hydrogen) atoms. The SMILES string of the molecule is O=C(Nc1ccc(Br)cc1)c1cccc(C(=O)Nc2ccc(-c3ccccc3)cc2)c1O. The number of para-hydroxylation sites is 1. The van der Waals surface area contributed by atoms with E-state index >= 15 is 0 Å². The minimum absolute atomic E-state index is 0.0139. The molecule has 5 nitrogen and oxygen atoms in total. The van der Waals surface area contributed by atoms with Crippen molar-refractivity contribution in [2.45, 2.75) is 0 Å². The second-order valence-corrected chi connectivity index (χ2v) is 7.98. The van der Waals surface area contributed by atoms with Crippen molar-refractivity contribution in [3.8, 4) is 16.9 Å². The lowest BCUT2D eigenvalue weighted by Crippen LogP contribution is -2.16. The van der Waals surface area contributed by atoms with E-state index in [1.807, 2.05) is 42.5 Å². The lowest BCUT2D eigenvalue weighted by Gasteiger charge is -2.11. The molecular formula is C26H19BrN2O3. The number of hydrogen-bond acceptors (Lipinski definition) is 3. The van der Waals surface area contributed by atoms with Gasteiger partial charge in [0.15, 0.2) is 0 Å². The number of rotatable bonds is 5. The summed E-state index contributed by atoms with van der Waals surface area (Å²) < 4.78 is 0.883. The third-order valence-electron chi connectivity index (χ3n) is 4.88. The van der Waals surface area contributed by atoms with Crippen LogP contribution in [0.1, 0.15) is 20.7 Å². The molecule has 4 rings (SSSR count). The van der Waals surface area contributed by atoms with Crippen molar-refractivity contribution in [2.75, 3.05) is 10.6 Å². The molecule has 6 heteroatoms. The highest BCUT2D eigenvalue weighted by Gasteiger charge is 2.19. The number of aromatic hydroxyl groups is 1. The Kier molecular flexibility index (Phi) is 6.33. The van der Waals surface area contributed by atoms with Gasteiger partial charge in [0.1, 0.15) is 5.75 Å². The van der Waals surface area contributed by atoms with Crippen LogP contribution in [0.3, 0.4) is 0 Å². The molecule has 4 aromatic carbocycles. The van der Waals surface area contributed by atoms with Crippen LogP contribution in [0.15, 0.2) is 102 Å². The molecule has 4 aromatic rings. The first-order chi connectivity index (χ1) is 15.5. The first kappa shape index (κ1) is 21.3. The van der Waals surface area contributed by atoms with Gasteiger partial charge in [0.25, 0.3) is 11.8 Å². The van der Waals surface area contributed by atoms with Crippen molar-refractivity contribution in [2.24, 2.45) is 0 Å². The second-order valence-electron chi connectivity index (χ2n) is 7.06. The van der Waals surface area contributed by atoms with Crippen LogP contribution in [0.4, 0.5) is 11.4 Å². The molecule has 158 valence electrons. The van der Waals surface area contributed by atoms with E-state index in [9.17, 15) is 14.7 Å². The van der Waals surface area contributed by atoms with E-state index in [4.69, 9.17) is 0 Å². The molecule has 3 N–H and O–H groups in total. The van der Waals surface area contributed by atoms with E-state index in [1.165, 1.54) is 12.1 Å². The first-order valence-electron chi connectivity index (χ1n) is 9.87. The summed E-state index contributed by atoms with van der Waals surface area (Å²) in [6.45, 7) is 0. The van der Waals surface area contributed by atoms with Gasteiger partial charge in [-0.15, -0.1) is 0 Å². The number of hydrogen-bond donors (Lipinski definition) is 3. The van der Waals surface area contributed by atoms with E-state index in [0.717, 1.165) is 15.6 Å². The predicted molar refractivity (Wildman–Crippen MR) is 130 cm³/mol. The summed E-state index contributed by atoms with van der Waals surface area (Å²) in [6.07, 6.45) is 0. The topological polar surface area (TPSA) is 78.4 Å². The Labute approximate surface area is 193 Å². The molecule has 0 aromatic heterocycles. The van der Waals surface area contributed by atoms with E-state index in [0.29, 0.717) is 11.4 Å². The molecule has 0 aliphatic rings. The van der Waals surface area contributed by atoms with Gasteiger partial charge >= 0.3 is 0 Å². The highest BCUT2D eigenvalue weighted by Crippen LogP contribution is 2.26. The summed E-state index contributed by atoms with van der Waals surface area (Å²) in [5, 5.41) is 16.1. The molecule has 0 spiro atoms. The normalized spacial score (nSPS) is 10.4. The number of halogens is 1. The molecule has 0 saturated heterocycles. The summed E-state index contributed by atoms with van der Waals surface area (Å²) in [6, 6.07) is 28.9. The average Bonchev–Trinajstić information content (AvgIpc) is 2.81. The lowest BCUT2D eigenvalue weighted by molar-refractivity contribution is 0.102. The van der Waals surface area contributed by atoms with Crippen molar-refractivity contribution in [1.29, 1.82) is 0 Å². The Morgan fingerprint density at radius 3 is 1.59 bits per heavy atom. The Morgan fingerprint density at radius 2 is 1.06 bits per heavy atom. The third-order valence-corrected chi connectivity index (χ3v) is 5.41. The van der Waals surface area contributed by atoms with Crippen molar-refractivity contribution in [1.82, 2.24) is 0 Å². The van der Waals surface area contributed by atoms with Crippen LogP contribution in [-0.2, 0) is 0 Å². The monoisotopic (exact) mass is 486 g/mol. The van der Waals surface area contributed by atoms with Crippen LogP contribution in [0, 0.1) is 0 Å². The van der Waals surface area contributed by atoms with Crippen molar-refractivity contribution in [3.05, 3.63) is 113 Å². The molecule has 0 fully saturated rings. The molecule has 0 aliphatic carbocycles. The van der Waals surface area contributed by atoms with Crippen LogP contribution in [0.25, 0.3) is 11.1 Å². The zero-order valence-electron chi connectivity index (χ0n) is 16.9. The fraction of sp³-hybridized carbons (Fsp3) is 0. The van der Waals surface area contributed by atoms with E-state index in [2.05, 4.69) is 26.6 Å². The molecular weight excluding hydrogens is 468 g/mol. The van der Waals surface area contributed by atoms with Crippen LogP contribution >= 0.6 is 15.9 Å². The minimum Gasteiger partial charge on any atom is -0.506 e. The van der Waals surface area contributed by atoms with Crippen LogP contribution < -0.4 is 10.6 Å². The summed E-state index contributed by atoms with van der Waals surface area (Å²) >= 11 is 3.34. The van der Waals surface area contributed by atoms with Crippen LogP contribution in [0.2, 0.25) is 0 Å². The lowest BCUT2D eigenvalue weighted by atomic mass is 10.1. The summed E-state index contributed by atoms with van der Waals surface area (Å²) in [7, 11) is 0. The average molecular weight is 487 g/mol. The van der Waals surface area contributed by atoms with Gasteiger partial charge in [0.2, 0.25) is 0 Å². The largest absolute Gasteiger partial charge is 0.506 e. The maximum atomic E-state index is 12.8. The first-order valence-corrected chi connectivity index (χ1v) is 10.7. The third kappa shape index (κ3) is 4.87. The zero-order chi connectivity index (χ0) is 22.5. The van der Waals surface area contributed by atoms with Gasteiger partial charge in [-0.25, -0.2) is 0 Å². The van der Waals surface area contributed by atoms with Gasteiger partial charge in [-0.05, 0) is 59.7 Å². The smallest absolute Gasteiger partial charge is 0.259 e. The molecule has 0 aliphatic heterocycles. The highest BCUT2D eigenvalue weighted by molar-refractivity contribution is 9.10. The number of benzene rings is 4. The van der Waals surface area contributed by atoms with Gasteiger partial charge < -0.3 is 15.7 Å². The van der Waals surface area contributed by atoms with E-state index in [-0.39, 0.29) is 16.9 Å². The number of amides is 2. The van der Waals surface area contributed by atoms with Crippen molar-refractivity contribution >= 4 is 39.1 Å². The Morgan fingerprint density at radius 1 is 0.594 bits per heavy atom. The van der Waals surface area contributed by atoms with Crippen LogP contribution in [0.5, 0.6) is 5.75 Å². The molecule has 0 saturated carbocycles. The molecule has 0 unspecified atom stereocenters. The summed E-state index contributed by atoms with van der Waals surface area (Å²) in [4.78, 5) is 25.4. The number of phenolic OH excluding ortho intramolecular Hbond substituents is 1. The van der Waals surface area contributed by atoms with Crippen molar-refractivity contribution in [3.63, 3.8) is 0 Å². The number of nitrogens with one attached hydrogen (secondary N) is 2. The Balaban J connectivity index is 1.49. The number of anilines is 2. The standard InChI is InChI=1S/C26H19BrN2O3/c27-19-11-15-21(16-12-19)29-26(32)23-8-4-7-22(24(23)30)25(31)28-20-13-9-18(10-14-20)17-5-2-1-3-6-17/h1-16,30H,(H,28,31)(H,29,32). The highest BCUT2D eigenvalue weighted by atomic mass is 79.9. The molecule has 0 atom stereocenters. The fourth-order valence-electron chi connectivity index (χ4n) is 3.22.